The first-order valence-corrected chi connectivity index (χ1v) is 7.49. The van der Waals surface area contributed by atoms with Crippen LogP contribution in [-0.4, -0.2) is 25.8 Å². The first-order valence-electron chi connectivity index (χ1n) is 6.96. The molecule has 2 rings (SSSR count). The highest BCUT2D eigenvalue weighted by molar-refractivity contribution is 6.17. The number of piperidine rings is 1. The third-order valence-corrected chi connectivity index (χ3v) is 3.77. The van der Waals surface area contributed by atoms with E-state index < -0.39 is 0 Å². The maximum atomic E-state index is 13.8. The average molecular weight is 286 g/mol. The molecule has 0 radical (unpaired) electrons. The van der Waals surface area contributed by atoms with Gasteiger partial charge < -0.3 is 9.64 Å². The fourth-order valence-electron chi connectivity index (χ4n) is 2.55. The quantitative estimate of drug-likeness (QED) is 0.759. The molecule has 1 atom stereocenters. The Morgan fingerprint density at radius 2 is 2.32 bits per heavy atom. The van der Waals surface area contributed by atoms with E-state index in [-0.39, 0.29) is 17.8 Å². The predicted octanol–water partition coefficient (Wildman–Crippen LogP) is 3.96. The summed E-state index contributed by atoms with van der Waals surface area (Å²) < 4.78 is 19.6. The predicted molar refractivity (Wildman–Crippen MR) is 77.4 cm³/mol. The molecule has 1 aliphatic heterocycles. The minimum absolute atomic E-state index is 0.207. The summed E-state index contributed by atoms with van der Waals surface area (Å²) in [6.07, 6.45) is 3.44. The second kappa shape index (κ2) is 7.11. The van der Waals surface area contributed by atoms with E-state index in [0.29, 0.717) is 5.56 Å². The Morgan fingerprint density at radius 3 is 3.05 bits per heavy atom. The molecule has 1 saturated heterocycles. The lowest BCUT2D eigenvalue weighted by molar-refractivity contribution is 0.0440. The molecule has 106 valence electrons. The van der Waals surface area contributed by atoms with E-state index in [4.69, 9.17) is 16.3 Å². The standard InChI is InChI=1S/C15H21ClFNO/c1-2-9-19-12-5-4-8-18(11-12)15-7-3-6-14(17)13(15)10-16/h3,6-7,12H,2,4-5,8-11H2,1H3. The van der Waals surface area contributed by atoms with Crippen molar-refractivity contribution < 1.29 is 9.13 Å². The molecule has 0 spiro atoms. The van der Waals surface area contributed by atoms with Crippen LogP contribution in [0.1, 0.15) is 31.7 Å². The first kappa shape index (κ1) is 14.6. The zero-order valence-electron chi connectivity index (χ0n) is 11.4. The van der Waals surface area contributed by atoms with Crippen molar-refractivity contribution >= 4 is 17.3 Å². The second-order valence-corrected chi connectivity index (χ2v) is 5.22. The van der Waals surface area contributed by atoms with Crippen LogP contribution in [0.15, 0.2) is 18.2 Å². The lowest BCUT2D eigenvalue weighted by Crippen LogP contribution is -2.40. The van der Waals surface area contributed by atoms with Crippen molar-refractivity contribution in [2.24, 2.45) is 0 Å². The zero-order valence-corrected chi connectivity index (χ0v) is 12.1. The van der Waals surface area contributed by atoms with Crippen LogP contribution in [0.5, 0.6) is 0 Å². The summed E-state index contributed by atoms with van der Waals surface area (Å²) >= 11 is 5.88. The zero-order chi connectivity index (χ0) is 13.7. The van der Waals surface area contributed by atoms with Gasteiger partial charge in [0.2, 0.25) is 0 Å². The largest absolute Gasteiger partial charge is 0.376 e. The SMILES string of the molecule is CCCOC1CCCN(c2cccc(F)c2CCl)C1. The molecule has 0 aromatic heterocycles. The fourth-order valence-corrected chi connectivity index (χ4v) is 2.82. The van der Waals surface area contributed by atoms with Gasteiger partial charge >= 0.3 is 0 Å². The molecule has 1 aliphatic rings. The fraction of sp³-hybridized carbons (Fsp3) is 0.600. The van der Waals surface area contributed by atoms with Crippen molar-refractivity contribution in [1.82, 2.24) is 0 Å². The number of nitrogens with zero attached hydrogens (tertiary/aromatic N) is 1. The van der Waals surface area contributed by atoms with E-state index in [1.165, 1.54) is 6.07 Å². The maximum Gasteiger partial charge on any atom is 0.129 e. The van der Waals surface area contributed by atoms with Crippen molar-refractivity contribution in [2.75, 3.05) is 24.6 Å². The van der Waals surface area contributed by atoms with Gasteiger partial charge in [0.1, 0.15) is 5.82 Å². The summed E-state index contributed by atoms with van der Waals surface area (Å²) in [5.41, 5.74) is 1.51. The Morgan fingerprint density at radius 1 is 1.47 bits per heavy atom. The van der Waals surface area contributed by atoms with Crippen molar-refractivity contribution in [1.29, 1.82) is 0 Å². The van der Waals surface area contributed by atoms with Gasteiger partial charge in [0, 0.05) is 30.9 Å². The molecular formula is C15H21ClFNO. The Kier molecular flexibility index (Phi) is 5.46. The normalized spacial score (nSPS) is 19.7. The Labute approximate surface area is 119 Å². The van der Waals surface area contributed by atoms with Crippen LogP contribution in [0.3, 0.4) is 0 Å². The van der Waals surface area contributed by atoms with Crippen LogP contribution in [0.25, 0.3) is 0 Å². The van der Waals surface area contributed by atoms with Crippen LogP contribution in [0.4, 0.5) is 10.1 Å². The van der Waals surface area contributed by atoms with Gasteiger partial charge in [0.15, 0.2) is 0 Å². The van der Waals surface area contributed by atoms with Gasteiger partial charge in [-0.15, -0.1) is 11.6 Å². The lowest BCUT2D eigenvalue weighted by atomic mass is 10.1. The number of rotatable bonds is 5. The summed E-state index contributed by atoms with van der Waals surface area (Å²) in [6.45, 7) is 4.68. The number of hydrogen-bond acceptors (Lipinski definition) is 2. The van der Waals surface area contributed by atoms with Crippen molar-refractivity contribution in [2.45, 2.75) is 38.2 Å². The van der Waals surface area contributed by atoms with E-state index in [1.807, 2.05) is 6.07 Å². The Balaban J connectivity index is 2.10. The molecule has 1 heterocycles. The molecule has 0 N–H and O–H groups in total. The minimum Gasteiger partial charge on any atom is -0.376 e. The second-order valence-electron chi connectivity index (χ2n) is 4.95. The topological polar surface area (TPSA) is 12.5 Å². The van der Waals surface area contributed by atoms with E-state index in [0.717, 1.165) is 44.6 Å². The molecule has 0 aliphatic carbocycles. The minimum atomic E-state index is -0.218. The molecule has 0 saturated carbocycles. The highest BCUT2D eigenvalue weighted by Crippen LogP contribution is 2.28. The number of hydrogen-bond donors (Lipinski definition) is 0. The van der Waals surface area contributed by atoms with E-state index in [2.05, 4.69) is 11.8 Å². The van der Waals surface area contributed by atoms with Gasteiger partial charge in [-0.25, -0.2) is 4.39 Å². The van der Waals surface area contributed by atoms with E-state index >= 15 is 0 Å². The Hall–Kier alpha value is -0.800. The summed E-state index contributed by atoms with van der Waals surface area (Å²) in [5.74, 6) is -0.0111. The van der Waals surface area contributed by atoms with Crippen LogP contribution >= 0.6 is 11.6 Å². The number of halogens is 2. The van der Waals surface area contributed by atoms with Crippen LogP contribution < -0.4 is 4.90 Å². The molecule has 1 fully saturated rings. The van der Waals surface area contributed by atoms with E-state index in [1.54, 1.807) is 6.07 Å². The molecule has 0 bridgehead atoms. The molecule has 1 unspecified atom stereocenters. The summed E-state index contributed by atoms with van der Waals surface area (Å²) in [7, 11) is 0. The van der Waals surface area contributed by atoms with Crippen molar-refractivity contribution in [3.8, 4) is 0 Å². The number of alkyl halides is 1. The van der Waals surface area contributed by atoms with Crippen LogP contribution in [0, 0.1) is 5.82 Å². The van der Waals surface area contributed by atoms with Gasteiger partial charge in [-0.3, -0.25) is 0 Å². The third kappa shape index (κ3) is 3.61. The first-order chi connectivity index (χ1) is 9.26. The van der Waals surface area contributed by atoms with Gasteiger partial charge in [-0.2, -0.15) is 0 Å². The summed E-state index contributed by atoms with van der Waals surface area (Å²) in [4.78, 5) is 2.20. The Bertz CT molecular complexity index is 413. The molecule has 1 aromatic rings. The molecule has 1 aromatic carbocycles. The number of benzene rings is 1. The number of ether oxygens (including phenoxy) is 1. The monoisotopic (exact) mass is 285 g/mol. The van der Waals surface area contributed by atoms with Gasteiger partial charge in [-0.1, -0.05) is 13.0 Å². The van der Waals surface area contributed by atoms with Crippen molar-refractivity contribution in [3.63, 3.8) is 0 Å². The molecule has 2 nitrogen and oxygen atoms in total. The molecule has 4 heteroatoms. The van der Waals surface area contributed by atoms with Crippen LogP contribution in [-0.2, 0) is 10.6 Å². The smallest absolute Gasteiger partial charge is 0.129 e. The van der Waals surface area contributed by atoms with Gasteiger partial charge in [0.05, 0.1) is 12.0 Å². The highest BCUT2D eigenvalue weighted by atomic mass is 35.5. The van der Waals surface area contributed by atoms with Crippen LogP contribution in [0.2, 0.25) is 0 Å². The van der Waals surface area contributed by atoms with E-state index in [9.17, 15) is 4.39 Å². The van der Waals surface area contributed by atoms with Gasteiger partial charge in [0.25, 0.3) is 0 Å². The molecule has 19 heavy (non-hydrogen) atoms. The maximum absolute atomic E-state index is 13.8. The lowest BCUT2D eigenvalue weighted by Gasteiger charge is -2.35. The molecular weight excluding hydrogens is 265 g/mol. The third-order valence-electron chi connectivity index (χ3n) is 3.50. The van der Waals surface area contributed by atoms with Crippen molar-refractivity contribution in [3.05, 3.63) is 29.6 Å². The van der Waals surface area contributed by atoms with Gasteiger partial charge in [-0.05, 0) is 31.4 Å². The number of anilines is 1. The average Bonchev–Trinajstić information content (AvgIpc) is 2.45. The highest BCUT2D eigenvalue weighted by Gasteiger charge is 2.22. The molecule has 0 amide bonds. The summed E-state index contributed by atoms with van der Waals surface area (Å²) in [6, 6.07) is 5.16. The summed E-state index contributed by atoms with van der Waals surface area (Å²) in [5, 5.41) is 0.